The lowest BCUT2D eigenvalue weighted by molar-refractivity contribution is -0.119. The molecule has 0 saturated carbocycles. The molecule has 0 aliphatic heterocycles. The Balaban J connectivity index is 1.77. The van der Waals surface area contributed by atoms with Gasteiger partial charge in [-0.2, -0.15) is 0 Å². The third-order valence-electron chi connectivity index (χ3n) is 4.60. The van der Waals surface area contributed by atoms with Gasteiger partial charge >= 0.3 is 0 Å². The third kappa shape index (κ3) is 4.94. The smallest absolute Gasteiger partial charge is 0.227 e. The van der Waals surface area contributed by atoms with Crippen LogP contribution in [-0.2, 0) is 11.3 Å². The number of pyridine rings is 1. The summed E-state index contributed by atoms with van der Waals surface area (Å²) in [7, 11) is 1.65. The summed E-state index contributed by atoms with van der Waals surface area (Å²) in [6, 6.07) is 21.6. The third-order valence-corrected chi connectivity index (χ3v) is 4.60. The van der Waals surface area contributed by atoms with E-state index in [2.05, 4.69) is 11.9 Å². The molecule has 4 nitrogen and oxygen atoms in total. The molecule has 0 aliphatic carbocycles. The highest BCUT2D eigenvalue weighted by Gasteiger charge is 2.19. The van der Waals surface area contributed by atoms with Crippen molar-refractivity contribution in [2.75, 3.05) is 12.0 Å². The molecule has 0 bridgehead atoms. The first-order valence-electron chi connectivity index (χ1n) is 9.05. The Bertz CT molecular complexity index is 849. The highest BCUT2D eigenvalue weighted by Crippen LogP contribution is 2.25. The second-order valence-corrected chi connectivity index (χ2v) is 6.56. The van der Waals surface area contributed by atoms with Crippen molar-refractivity contribution in [3.8, 4) is 5.75 Å². The topological polar surface area (TPSA) is 42.4 Å². The van der Waals surface area contributed by atoms with Crippen LogP contribution in [0.3, 0.4) is 0 Å². The number of hydrogen-bond acceptors (Lipinski definition) is 3. The summed E-state index contributed by atoms with van der Waals surface area (Å²) in [5.41, 5.74) is 3.03. The standard InChI is InChI=1S/C23H24N2O2/c1-18(20-10-12-22(27-2)13-11-20)15-23(26)25(21-8-4-3-5-9-21)17-19-7-6-14-24-16-19/h3-14,16,18H,15,17H2,1-2H3. The average molecular weight is 360 g/mol. The van der Waals surface area contributed by atoms with Crippen LogP contribution in [-0.4, -0.2) is 18.0 Å². The Kier molecular flexibility index (Phi) is 6.21. The Labute approximate surface area is 160 Å². The molecule has 1 atom stereocenters. The Morgan fingerprint density at radius 3 is 2.41 bits per heavy atom. The van der Waals surface area contributed by atoms with E-state index in [1.807, 2.05) is 71.6 Å². The maximum Gasteiger partial charge on any atom is 0.227 e. The summed E-state index contributed by atoms with van der Waals surface area (Å²) >= 11 is 0. The second-order valence-electron chi connectivity index (χ2n) is 6.56. The van der Waals surface area contributed by atoms with E-state index >= 15 is 0 Å². The summed E-state index contributed by atoms with van der Waals surface area (Å²) in [5.74, 6) is 1.02. The summed E-state index contributed by atoms with van der Waals surface area (Å²) in [4.78, 5) is 19.1. The fourth-order valence-corrected chi connectivity index (χ4v) is 3.03. The van der Waals surface area contributed by atoms with E-state index in [4.69, 9.17) is 4.74 Å². The molecule has 0 saturated heterocycles. The maximum atomic E-state index is 13.1. The van der Waals surface area contributed by atoms with Gasteiger partial charge in [0.1, 0.15) is 5.75 Å². The minimum absolute atomic E-state index is 0.0911. The van der Waals surface area contributed by atoms with Gasteiger partial charge in [-0.05, 0) is 47.4 Å². The molecule has 1 aromatic heterocycles. The van der Waals surface area contributed by atoms with Crippen LogP contribution in [0.25, 0.3) is 0 Å². The zero-order valence-electron chi connectivity index (χ0n) is 15.7. The first-order chi connectivity index (χ1) is 13.2. The molecule has 3 aromatic rings. The molecule has 3 rings (SSSR count). The van der Waals surface area contributed by atoms with Crippen molar-refractivity contribution in [3.63, 3.8) is 0 Å². The minimum atomic E-state index is 0.0911. The van der Waals surface area contributed by atoms with Gasteiger partial charge < -0.3 is 9.64 Å². The largest absolute Gasteiger partial charge is 0.497 e. The van der Waals surface area contributed by atoms with Crippen molar-refractivity contribution >= 4 is 11.6 Å². The maximum absolute atomic E-state index is 13.1. The molecular formula is C23H24N2O2. The molecule has 0 aliphatic rings. The van der Waals surface area contributed by atoms with Crippen molar-refractivity contribution in [1.82, 2.24) is 4.98 Å². The molecule has 0 fully saturated rings. The lowest BCUT2D eigenvalue weighted by Crippen LogP contribution is -2.31. The van der Waals surface area contributed by atoms with E-state index in [9.17, 15) is 4.79 Å². The van der Waals surface area contributed by atoms with Gasteiger partial charge in [-0.25, -0.2) is 0 Å². The Morgan fingerprint density at radius 2 is 1.78 bits per heavy atom. The zero-order chi connectivity index (χ0) is 19.1. The van der Waals surface area contributed by atoms with Crippen molar-refractivity contribution in [1.29, 1.82) is 0 Å². The average Bonchev–Trinajstić information content (AvgIpc) is 2.73. The molecule has 0 N–H and O–H groups in total. The van der Waals surface area contributed by atoms with Crippen LogP contribution < -0.4 is 9.64 Å². The van der Waals surface area contributed by atoms with Crippen LogP contribution in [0.4, 0.5) is 5.69 Å². The number of anilines is 1. The van der Waals surface area contributed by atoms with E-state index in [1.165, 1.54) is 0 Å². The Hall–Kier alpha value is -3.14. The monoisotopic (exact) mass is 360 g/mol. The van der Waals surface area contributed by atoms with Gasteiger partial charge in [0.25, 0.3) is 0 Å². The minimum Gasteiger partial charge on any atom is -0.497 e. The molecule has 0 radical (unpaired) electrons. The number of amides is 1. The lowest BCUT2D eigenvalue weighted by Gasteiger charge is -2.24. The number of carbonyl (C=O) groups excluding carboxylic acids is 1. The highest BCUT2D eigenvalue weighted by atomic mass is 16.5. The van der Waals surface area contributed by atoms with Gasteiger partial charge in [-0.1, -0.05) is 43.3 Å². The van der Waals surface area contributed by atoms with Crippen molar-refractivity contribution in [2.24, 2.45) is 0 Å². The number of rotatable bonds is 7. The number of nitrogens with zero attached hydrogens (tertiary/aromatic N) is 2. The summed E-state index contributed by atoms with van der Waals surface area (Å²) in [6.45, 7) is 2.58. The number of carbonyl (C=O) groups is 1. The van der Waals surface area contributed by atoms with Crippen molar-refractivity contribution in [2.45, 2.75) is 25.8 Å². The van der Waals surface area contributed by atoms with E-state index in [1.54, 1.807) is 19.5 Å². The molecule has 0 spiro atoms. The molecular weight excluding hydrogens is 336 g/mol. The van der Waals surface area contributed by atoms with Gasteiger partial charge in [0, 0.05) is 24.5 Å². The number of para-hydroxylation sites is 1. The first kappa shape index (κ1) is 18.6. The predicted octanol–water partition coefficient (Wildman–Crippen LogP) is 4.82. The van der Waals surface area contributed by atoms with Crippen LogP contribution >= 0.6 is 0 Å². The highest BCUT2D eigenvalue weighted by molar-refractivity contribution is 5.93. The van der Waals surface area contributed by atoms with Crippen LogP contribution in [0.15, 0.2) is 79.1 Å². The van der Waals surface area contributed by atoms with Gasteiger partial charge in [-0.3, -0.25) is 9.78 Å². The number of benzene rings is 2. The quantitative estimate of drug-likeness (QED) is 0.607. The van der Waals surface area contributed by atoms with Gasteiger partial charge in [0.05, 0.1) is 13.7 Å². The predicted molar refractivity (Wildman–Crippen MR) is 108 cm³/mol. The van der Waals surface area contributed by atoms with E-state index < -0.39 is 0 Å². The summed E-state index contributed by atoms with van der Waals surface area (Å²) in [6.07, 6.45) is 3.97. The van der Waals surface area contributed by atoms with Crippen molar-refractivity contribution < 1.29 is 9.53 Å². The van der Waals surface area contributed by atoms with Crippen LogP contribution in [0.2, 0.25) is 0 Å². The lowest BCUT2D eigenvalue weighted by atomic mass is 9.97. The fourth-order valence-electron chi connectivity index (χ4n) is 3.03. The zero-order valence-corrected chi connectivity index (χ0v) is 15.7. The van der Waals surface area contributed by atoms with E-state index in [-0.39, 0.29) is 11.8 Å². The Morgan fingerprint density at radius 1 is 1.04 bits per heavy atom. The number of hydrogen-bond donors (Lipinski definition) is 0. The fraction of sp³-hybridized carbons (Fsp3) is 0.217. The summed E-state index contributed by atoms with van der Waals surface area (Å²) < 4.78 is 5.21. The molecule has 1 unspecified atom stereocenters. The van der Waals surface area contributed by atoms with E-state index in [0.29, 0.717) is 13.0 Å². The van der Waals surface area contributed by atoms with Crippen molar-refractivity contribution in [3.05, 3.63) is 90.3 Å². The van der Waals surface area contributed by atoms with E-state index in [0.717, 1.165) is 22.6 Å². The number of methoxy groups -OCH3 is 1. The molecule has 2 aromatic carbocycles. The molecule has 1 amide bonds. The van der Waals surface area contributed by atoms with Crippen LogP contribution in [0.5, 0.6) is 5.75 Å². The van der Waals surface area contributed by atoms with Crippen LogP contribution in [0, 0.1) is 0 Å². The van der Waals surface area contributed by atoms with Gasteiger partial charge in [0.15, 0.2) is 0 Å². The number of aromatic nitrogens is 1. The van der Waals surface area contributed by atoms with Crippen LogP contribution in [0.1, 0.15) is 30.4 Å². The number of ether oxygens (including phenoxy) is 1. The molecule has 1 heterocycles. The SMILES string of the molecule is COc1ccc(C(C)CC(=O)N(Cc2cccnc2)c2ccccc2)cc1. The first-order valence-corrected chi connectivity index (χ1v) is 9.05. The molecule has 27 heavy (non-hydrogen) atoms. The van der Waals surface area contributed by atoms with Gasteiger partial charge in [0.2, 0.25) is 5.91 Å². The molecule has 138 valence electrons. The molecule has 4 heteroatoms. The second kappa shape index (κ2) is 8.99. The summed E-state index contributed by atoms with van der Waals surface area (Å²) in [5, 5.41) is 0. The normalized spacial score (nSPS) is 11.6. The van der Waals surface area contributed by atoms with Gasteiger partial charge in [-0.15, -0.1) is 0 Å².